The Morgan fingerprint density at radius 1 is 0.650 bits per heavy atom. The van der Waals surface area contributed by atoms with E-state index in [0.717, 1.165) is 0 Å². The lowest BCUT2D eigenvalue weighted by molar-refractivity contribution is 0.428. The minimum atomic E-state index is 0.151. The normalized spacial score (nSPS) is 43.2. The fourth-order valence-corrected chi connectivity index (χ4v) is 14.4. The highest BCUT2D eigenvalue weighted by Crippen LogP contribution is 2.79. The van der Waals surface area contributed by atoms with Gasteiger partial charge in [0.15, 0.2) is 0 Å². The van der Waals surface area contributed by atoms with Crippen LogP contribution in [0.3, 0.4) is 0 Å². The molecule has 2 fully saturated rings. The summed E-state index contributed by atoms with van der Waals surface area (Å²) in [6, 6.07) is 0. The molecule has 0 aromatic heterocycles. The lowest BCUT2D eigenvalue weighted by atomic mass is 9.87. The van der Waals surface area contributed by atoms with Crippen LogP contribution in [-0.2, 0) is 0 Å². The molecule has 0 aliphatic carbocycles. The van der Waals surface area contributed by atoms with Crippen molar-refractivity contribution in [1.82, 2.24) is 0 Å². The molecule has 2 heterocycles. The van der Waals surface area contributed by atoms with Crippen molar-refractivity contribution < 1.29 is 0 Å². The lowest BCUT2D eigenvalue weighted by Gasteiger charge is -2.56. The predicted octanol–water partition coefficient (Wildman–Crippen LogP) is 6.65. The SMILES string of the molecule is CC(C)(C)[P@@]1CCC[C@]1(C)[C@@]1(C)CCC[P@]1C(C)(C)C. The van der Waals surface area contributed by atoms with E-state index >= 15 is 0 Å². The molecule has 4 atom stereocenters. The molecule has 0 aromatic rings. The van der Waals surface area contributed by atoms with Gasteiger partial charge in [-0.15, -0.1) is 0 Å². The molecule has 0 aromatic carbocycles. The van der Waals surface area contributed by atoms with Crippen LogP contribution in [0.4, 0.5) is 0 Å². The Kier molecular flexibility index (Phi) is 4.48. The minimum absolute atomic E-state index is 0.151. The van der Waals surface area contributed by atoms with Crippen molar-refractivity contribution in [2.24, 2.45) is 0 Å². The molecule has 2 saturated heterocycles. The first-order chi connectivity index (χ1) is 8.93. The van der Waals surface area contributed by atoms with Crippen molar-refractivity contribution in [3.8, 4) is 0 Å². The second kappa shape index (κ2) is 5.20. The zero-order chi connectivity index (χ0) is 15.4. The van der Waals surface area contributed by atoms with Gasteiger partial charge in [-0.3, -0.25) is 0 Å². The van der Waals surface area contributed by atoms with Crippen molar-refractivity contribution in [2.75, 3.05) is 12.3 Å². The second-order valence-corrected chi connectivity index (χ2v) is 16.7. The summed E-state index contributed by atoms with van der Waals surface area (Å²) in [6.45, 7) is 20.5. The Morgan fingerprint density at radius 2 is 0.950 bits per heavy atom. The summed E-state index contributed by atoms with van der Waals surface area (Å²) in [5, 5.41) is 2.34. The van der Waals surface area contributed by atoms with Crippen molar-refractivity contribution in [2.45, 2.75) is 102 Å². The van der Waals surface area contributed by atoms with Crippen molar-refractivity contribution in [3.63, 3.8) is 0 Å². The Morgan fingerprint density at radius 3 is 1.20 bits per heavy atom. The third kappa shape index (κ3) is 2.63. The molecule has 2 aliphatic rings. The molecule has 0 spiro atoms. The van der Waals surface area contributed by atoms with Crippen molar-refractivity contribution in [1.29, 1.82) is 0 Å². The van der Waals surface area contributed by atoms with Crippen LogP contribution in [0.15, 0.2) is 0 Å². The smallest absolute Gasteiger partial charge is 0.00248 e. The largest absolute Gasteiger partial charge is 0.0942 e. The molecule has 2 rings (SSSR count). The van der Waals surface area contributed by atoms with E-state index in [9.17, 15) is 0 Å². The molecule has 0 radical (unpaired) electrons. The quantitative estimate of drug-likeness (QED) is 0.475. The third-order valence-electron chi connectivity index (χ3n) is 6.06. The highest BCUT2D eigenvalue weighted by Gasteiger charge is 2.60. The van der Waals surface area contributed by atoms with E-state index in [0.29, 0.717) is 20.6 Å². The summed E-state index contributed by atoms with van der Waals surface area (Å²) in [4.78, 5) is 0. The van der Waals surface area contributed by atoms with Gasteiger partial charge in [-0.2, -0.15) is 0 Å². The summed E-state index contributed by atoms with van der Waals surface area (Å²) in [5.74, 6) is 0. The number of hydrogen-bond acceptors (Lipinski definition) is 0. The highest BCUT2D eigenvalue weighted by atomic mass is 31.1. The average molecular weight is 314 g/mol. The van der Waals surface area contributed by atoms with Crippen molar-refractivity contribution >= 4 is 15.8 Å². The predicted molar refractivity (Wildman–Crippen MR) is 98.4 cm³/mol. The summed E-state index contributed by atoms with van der Waals surface area (Å²) in [6.07, 6.45) is 9.03. The Hall–Kier alpha value is 0.860. The molecule has 2 heteroatoms. The first-order valence-corrected chi connectivity index (χ1v) is 11.5. The number of hydrogen-bond donors (Lipinski definition) is 0. The van der Waals surface area contributed by atoms with Gasteiger partial charge < -0.3 is 0 Å². The molecule has 20 heavy (non-hydrogen) atoms. The van der Waals surface area contributed by atoms with Crippen LogP contribution in [-0.4, -0.2) is 32.9 Å². The maximum atomic E-state index is 2.70. The molecule has 0 unspecified atom stereocenters. The van der Waals surface area contributed by atoms with Gasteiger partial charge in [0.1, 0.15) is 0 Å². The molecule has 2 aliphatic heterocycles. The van der Waals surface area contributed by atoms with Gasteiger partial charge in [-0.05, 0) is 58.6 Å². The van der Waals surface area contributed by atoms with E-state index in [1.165, 1.54) is 38.0 Å². The summed E-state index contributed by atoms with van der Waals surface area (Å²) in [5.41, 5.74) is 0. The van der Waals surface area contributed by atoms with Gasteiger partial charge in [-0.25, -0.2) is 0 Å². The maximum Gasteiger partial charge on any atom is -0.00248 e. The van der Waals surface area contributed by atoms with E-state index in [1.807, 2.05) is 0 Å². The van der Waals surface area contributed by atoms with Gasteiger partial charge in [0, 0.05) is 0 Å². The Labute approximate surface area is 130 Å². The molecule has 0 nitrogen and oxygen atoms in total. The minimum Gasteiger partial charge on any atom is -0.0942 e. The van der Waals surface area contributed by atoms with Crippen LogP contribution in [0.1, 0.15) is 81.1 Å². The van der Waals surface area contributed by atoms with Crippen LogP contribution < -0.4 is 0 Å². The van der Waals surface area contributed by atoms with Gasteiger partial charge in [0.05, 0.1) is 0 Å². The van der Waals surface area contributed by atoms with Crippen molar-refractivity contribution in [3.05, 3.63) is 0 Å². The Bertz CT molecular complexity index is 327. The fraction of sp³-hybridized carbons (Fsp3) is 1.00. The molecular weight excluding hydrogens is 278 g/mol. The van der Waals surface area contributed by atoms with Crippen LogP contribution >= 0.6 is 15.8 Å². The van der Waals surface area contributed by atoms with Gasteiger partial charge >= 0.3 is 0 Å². The first kappa shape index (κ1) is 17.2. The molecule has 118 valence electrons. The zero-order valence-electron chi connectivity index (χ0n) is 15.1. The Balaban J connectivity index is 2.41. The molecule has 0 amide bonds. The van der Waals surface area contributed by atoms with Crippen LogP contribution in [0.5, 0.6) is 0 Å². The van der Waals surface area contributed by atoms with Crippen LogP contribution in [0.2, 0.25) is 0 Å². The first-order valence-electron chi connectivity index (χ1n) is 8.48. The molecular formula is C18H36P2. The maximum absolute atomic E-state index is 2.70. The van der Waals surface area contributed by atoms with Gasteiger partial charge in [0.25, 0.3) is 0 Å². The third-order valence-corrected chi connectivity index (χ3v) is 14.8. The van der Waals surface area contributed by atoms with Gasteiger partial charge in [0.2, 0.25) is 0 Å². The van der Waals surface area contributed by atoms with E-state index in [1.54, 1.807) is 0 Å². The van der Waals surface area contributed by atoms with E-state index in [4.69, 9.17) is 0 Å². The molecule has 0 saturated carbocycles. The zero-order valence-corrected chi connectivity index (χ0v) is 16.9. The summed E-state index contributed by atoms with van der Waals surface area (Å²) < 4.78 is 0. The highest BCUT2D eigenvalue weighted by molar-refractivity contribution is 7.66. The fourth-order valence-electron chi connectivity index (χ4n) is 5.20. The lowest BCUT2D eigenvalue weighted by Crippen LogP contribution is -2.48. The summed E-state index contributed by atoms with van der Waals surface area (Å²) in [7, 11) is 0.302. The topological polar surface area (TPSA) is 0 Å². The van der Waals surface area contributed by atoms with E-state index < -0.39 is 0 Å². The van der Waals surface area contributed by atoms with E-state index in [-0.39, 0.29) is 15.8 Å². The second-order valence-electron chi connectivity index (χ2n) is 9.40. The number of rotatable bonds is 1. The van der Waals surface area contributed by atoms with Crippen LogP contribution in [0.25, 0.3) is 0 Å². The standard InChI is InChI=1S/C18H36P2/c1-15(2,3)19-13-9-11-17(19,7)18(8)12-10-14-20(18)16(4,5)6/h9-14H2,1-8H3/t17-,18-,19-,20-/m1/s1. The summed E-state index contributed by atoms with van der Waals surface area (Å²) >= 11 is 0. The van der Waals surface area contributed by atoms with Gasteiger partial charge in [-0.1, -0.05) is 71.2 Å². The van der Waals surface area contributed by atoms with Crippen LogP contribution in [0, 0.1) is 0 Å². The average Bonchev–Trinajstić information content (AvgIpc) is 2.81. The monoisotopic (exact) mass is 314 g/mol. The van der Waals surface area contributed by atoms with E-state index in [2.05, 4.69) is 55.4 Å². The molecule has 0 bridgehead atoms. The molecule has 0 N–H and O–H groups in total.